The Balaban J connectivity index is 2.07. The standard InChI is InChI=1S/C12H17NO4S/c1-13-7-8-16-12(9-13)10-3-5-11(6-4-10)17-18(2,14)15/h3-6,12H,7-9H2,1-2H3/t12-/m0/s1. The van der Waals surface area contributed by atoms with Crippen molar-refractivity contribution in [3.63, 3.8) is 0 Å². The summed E-state index contributed by atoms with van der Waals surface area (Å²) in [6, 6.07) is 6.97. The SMILES string of the molecule is CN1CCO[C@H](c2ccc(OS(C)(=O)=O)cc2)C1. The third-order valence-electron chi connectivity index (χ3n) is 2.77. The quantitative estimate of drug-likeness (QED) is 0.769. The van der Waals surface area contributed by atoms with E-state index >= 15 is 0 Å². The summed E-state index contributed by atoms with van der Waals surface area (Å²) >= 11 is 0. The van der Waals surface area contributed by atoms with Crippen LogP contribution in [0.2, 0.25) is 0 Å². The molecule has 100 valence electrons. The van der Waals surface area contributed by atoms with Crippen molar-refractivity contribution in [2.75, 3.05) is 33.0 Å². The van der Waals surface area contributed by atoms with Crippen LogP contribution in [0.3, 0.4) is 0 Å². The molecule has 1 saturated heterocycles. The lowest BCUT2D eigenvalue weighted by molar-refractivity contribution is -0.0209. The summed E-state index contributed by atoms with van der Waals surface area (Å²) in [5.74, 6) is 0.324. The van der Waals surface area contributed by atoms with Gasteiger partial charge in [-0.15, -0.1) is 0 Å². The molecule has 0 N–H and O–H groups in total. The Morgan fingerprint density at radius 3 is 2.56 bits per heavy atom. The summed E-state index contributed by atoms with van der Waals surface area (Å²) in [4.78, 5) is 2.20. The van der Waals surface area contributed by atoms with E-state index < -0.39 is 10.1 Å². The molecule has 0 bridgehead atoms. The average Bonchev–Trinajstić information content (AvgIpc) is 2.28. The number of nitrogens with zero attached hydrogens (tertiary/aromatic N) is 1. The molecule has 0 saturated carbocycles. The monoisotopic (exact) mass is 271 g/mol. The number of hydrogen-bond acceptors (Lipinski definition) is 5. The van der Waals surface area contributed by atoms with Crippen LogP contribution in [0.5, 0.6) is 5.75 Å². The van der Waals surface area contributed by atoms with Crippen LogP contribution in [0, 0.1) is 0 Å². The molecule has 0 aromatic heterocycles. The number of likely N-dealkylation sites (N-methyl/N-ethyl adjacent to an activating group) is 1. The van der Waals surface area contributed by atoms with Gasteiger partial charge >= 0.3 is 10.1 Å². The normalized spacial score (nSPS) is 21.8. The summed E-state index contributed by atoms with van der Waals surface area (Å²) in [6.45, 7) is 2.49. The highest BCUT2D eigenvalue weighted by Crippen LogP contribution is 2.24. The van der Waals surface area contributed by atoms with Gasteiger partial charge in [0.2, 0.25) is 0 Å². The highest BCUT2D eigenvalue weighted by atomic mass is 32.2. The van der Waals surface area contributed by atoms with Crippen LogP contribution in [0.4, 0.5) is 0 Å². The molecule has 1 atom stereocenters. The largest absolute Gasteiger partial charge is 0.383 e. The molecule has 1 fully saturated rings. The average molecular weight is 271 g/mol. The van der Waals surface area contributed by atoms with E-state index in [0.29, 0.717) is 12.4 Å². The van der Waals surface area contributed by atoms with Gasteiger partial charge in [-0.3, -0.25) is 0 Å². The van der Waals surface area contributed by atoms with E-state index in [1.165, 1.54) is 0 Å². The molecule has 2 rings (SSSR count). The zero-order valence-electron chi connectivity index (χ0n) is 10.5. The van der Waals surface area contributed by atoms with E-state index in [4.69, 9.17) is 8.92 Å². The minimum Gasteiger partial charge on any atom is -0.383 e. The van der Waals surface area contributed by atoms with Crippen molar-refractivity contribution in [2.45, 2.75) is 6.10 Å². The molecule has 1 heterocycles. The summed E-state index contributed by atoms with van der Waals surface area (Å²) < 4.78 is 32.4. The third kappa shape index (κ3) is 3.69. The van der Waals surface area contributed by atoms with Crippen molar-refractivity contribution < 1.29 is 17.3 Å². The van der Waals surface area contributed by atoms with Crippen LogP contribution in [0.15, 0.2) is 24.3 Å². The molecular weight excluding hydrogens is 254 g/mol. The summed E-state index contributed by atoms with van der Waals surface area (Å²) in [5.41, 5.74) is 1.03. The summed E-state index contributed by atoms with van der Waals surface area (Å²) in [7, 11) is -1.41. The minimum atomic E-state index is -3.46. The van der Waals surface area contributed by atoms with Crippen LogP contribution >= 0.6 is 0 Å². The lowest BCUT2D eigenvalue weighted by Crippen LogP contribution is -2.35. The fourth-order valence-electron chi connectivity index (χ4n) is 1.89. The van der Waals surface area contributed by atoms with Gasteiger partial charge in [-0.05, 0) is 24.7 Å². The van der Waals surface area contributed by atoms with Crippen molar-refractivity contribution in [1.82, 2.24) is 4.90 Å². The predicted molar refractivity (Wildman–Crippen MR) is 68.1 cm³/mol. The first-order valence-corrected chi connectivity index (χ1v) is 7.55. The maximum Gasteiger partial charge on any atom is 0.306 e. The van der Waals surface area contributed by atoms with Crippen LogP contribution in [-0.2, 0) is 14.9 Å². The molecule has 1 aromatic carbocycles. The fourth-order valence-corrected chi connectivity index (χ4v) is 2.35. The number of ether oxygens (including phenoxy) is 1. The molecule has 1 aliphatic rings. The van der Waals surface area contributed by atoms with E-state index in [1.54, 1.807) is 12.1 Å². The van der Waals surface area contributed by atoms with Crippen LogP contribution < -0.4 is 4.18 Å². The Morgan fingerprint density at radius 1 is 1.33 bits per heavy atom. The minimum absolute atomic E-state index is 0.0380. The topological polar surface area (TPSA) is 55.8 Å². The van der Waals surface area contributed by atoms with Gasteiger partial charge in [0.1, 0.15) is 5.75 Å². The summed E-state index contributed by atoms with van der Waals surface area (Å²) in [6.07, 6.45) is 1.07. The van der Waals surface area contributed by atoms with Gasteiger partial charge < -0.3 is 13.8 Å². The van der Waals surface area contributed by atoms with E-state index in [0.717, 1.165) is 24.9 Å². The predicted octanol–water partition coefficient (Wildman–Crippen LogP) is 1.03. The van der Waals surface area contributed by atoms with Gasteiger partial charge in [-0.1, -0.05) is 12.1 Å². The van der Waals surface area contributed by atoms with Gasteiger partial charge in [0.25, 0.3) is 0 Å². The third-order valence-corrected chi connectivity index (χ3v) is 3.26. The Bertz CT molecular complexity index is 497. The molecule has 0 amide bonds. The second-order valence-electron chi connectivity index (χ2n) is 4.48. The first-order chi connectivity index (χ1) is 8.44. The van der Waals surface area contributed by atoms with Crippen molar-refractivity contribution in [3.05, 3.63) is 29.8 Å². The highest BCUT2D eigenvalue weighted by molar-refractivity contribution is 7.86. The molecule has 5 nitrogen and oxygen atoms in total. The van der Waals surface area contributed by atoms with Crippen molar-refractivity contribution in [1.29, 1.82) is 0 Å². The van der Waals surface area contributed by atoms with E-state index in [2.05, 4.69) is 11.9 Å². The lowest BCUT2D eigenvalue weighted by atomic mass is 10.1. The molecule has 0 spiro atoms. The molecule has 6 heteroatoms. The second kappa shape index (κ2) is 5.26. The van der Waals surface area contributed by atoms with Crippen LogP contribution in [-0.4, -0.2) is 46.3 Å². The molecule has 0 aliphatic carbocycles. The number of benzene rings is 1. The van der Waals surface area contributed by atoms with E-state index in [-0.39, 0.29) is 6.10 Å². The van der Waals surface area contributed by atoms with Gasteiger partial charge in [0, 0.05) is 13.1 Å². The molecule has 1 aliphatic heterocycles. The fraction of sp³-hybridized carbons (Fsp3) is 0.500. The first-order valence-electron chi connectivity index (χ1n) is 5.73. The van der Waals surface area contributed by atoms with Gasteiger partial charge in [0.15, 0.2) is 0 Å². The van der Waals surface area contributed by atoms with Gasteiger partial charge in [-0.25, -0.2) is 0 Å². The second-order valence-corrected chi connectivity index (χ2v) is 6.05. The van der Waals surface area contributed by atoms with Crippen molar-refractivity contribution in [2.24, 2.45) is 0 Å². The smallest absolute Gasteiger partial charge is 0.306 e. The number of rotatable bonds is 3. The first kappa shape index (κ1) is 13.3. The number of hydrogen-bond donors (Lipinski definition) is 0. The lowest BCUT2D eigenvalue weighted by Gasteiger charge is -2.30. The van der Waals surface area contributed by atoms with Crippen molar-refractivity contribution >= 4 is 10.1 Å². The van der Waals surface area contributed by atoms with Crippen LogP contribution in [0.1, 0.15) is 11.7 Å². The Morgan fingerprint density at radius 2 is 2.00 bits per heavy atom. The molecule has 18 heavy (non-hydrogen) atoms. The molecule has 1 aromatic rings. The number of morpholine rings is 1. The summed E-state index contributed by atoms with van der Waals surface area (Å²) in [5, 5.41) is 0. The Labute approximate surface area is 107 Å². The van der Waals surface area contributed by atoms with E-state index in [9.17, 15) is 8.42 Å². The molecular formula is C12H17NO4S. The van der Waals surface area contributed by atoms with Gasteiger partial charge in [-0.2, -0.15) is 8.42 Å². The zero-order chi connectivity index (χ0) is 13.2. The molecule has 0 radical (unpaired) electrons. The van der Waals surface area contributed by atoms with Crippen molar-refractivity contribution in [3.8, 4) is 5.75 Å². The van der Waals surface area contributed by atoms with Gasteiger partial charge in [0.05, 0.1) is 19.0 Å². The Kier molecular flexibility index (Phi) is 3.89. The zero-order valence-corrected chi connectivity index (χ0v) is 11.3. The van der Waals surface area contributed by atoms with Crippen LogP contribution in [0.25, 0.3) is 0 Å². The Hall–Kier alpha value is -1.11. The maximum absolute atomic E-state index is 11.0. The maximum atomic E-state index is 11.0. The highest BCUT2D eigenvalue weighted by Gasteiger charge is 2.19. The van der Waals surface area contributed by atoms with E-state index in [1.807, 2.05) is 12.1 Å². The molecule has 0 unspecified atom stereocenters.